The number of rotatable bonds is 4. The molecule has 17 heavy (non-hydrogen) atoms. The van der Waals surface area contributed by atoms with Crippen LogP contribution < -0.4 is 10.6 Å². The lowest BCUT2D eigenvalue weighted by molar-refractivity contribution is -0.137. The first kappa shape index (κ1) is 13.8. The number of anilines is 1. The van der Waals surface area contributed by atoms with Crippen molar-refractivity contribution < 1.29 is 18.0 Å². The van der Waals surface area contributed by atoms with Gasteiger partial charge in [0, 0.05) is 10.7 Å². The second-order valence-electron chi connectivity index (χ2n) is 3.14. The van der Waals surface area contributed by atoms with Crippen LogP contribution in [0.5, 0.6) is 0 Å². The molecule has 1 amide bonds. The van der Waals surface area contributed by atoms with Gasteiger partial charge in [0.05, 0.1) is 18.4 Å². The topological polar surface area (TPSA) is 54.0 Å². The Morgan fingerprint density at radius 3 is 2.71 bits per heavy atom. The van der Waals surface area contributed by atoms with Gasteiger partial charge in [-0.3, -0.25) is 9.78 Å². The minimum atomic E-state index is -4.40. The molecule has 1 rings (SSSR count). The number of hydrogen-bond donors (Lipinski definition) is 2. The highest BCUT2D eigenvalue weighted by molar-refractivity contribution is 9.10. The maximum absolute atomic E-state index is 11.8. The van der Waals surface area contributed by atoms with E-state index in [0.717, 1.165) is 0 Å². The Balaban J connectivity index is 2.33. The molecule has 8 heteroatoms. The number of pyridine rings is 1. The second-order valence-corrected chi connectivity index (χ2v) is 4.05. The summed E-state index contributed by atoms with van der Waals surface area (Å²) in [6, 6.07) is 1.66. The molecular formula is C9H9BrF3N3O. The fourth-order valence-electron chi connectivity index (χ4n) is 0.952. The summed E-state index contributed by atoms with van der Waals surface area (Å²) in [4.78, 5) is 14.9. The molecule has 4 nitrogen and oxygen atoms in total. The van der Waals surface area contributed by atoms with Crippen molar-refractivity contribution in [1.29, 1.82) is 0 Å². The van der Waals surface area contributed by atoms with Crippen LogP contribution >= 0.6 is 15.9 Å². The zero-order chi connectivity index (χ0) is 12.9. The molecule has 2 N–H and O–H groups in total. The molecule has 0 aliphatic carbocycles. The zero-order valence-corrected chi connectivity index (χ0v) is 10.1. The standard InChI is InChI=1S/C9H9BrF3N3O/c10-6-1-7(3-14-2-6)15-4-8(17)16-5-9(11,12)13/h1-3,15H,4-5H2,(H,16,17). The van der Waals surface area contributed by atoms with Crippen LogP contribution in [0.25, 0.3) is 0 Å². The molecule has 0 atom stereocenters. The highest BCUT2D eigenvalue weighted by Crippen LogP contribution is 2.13. The highest BCUT2D eigenvalue weighted by Gasteiger charge is 2.27. The quantitative estimate of drug-likeness (QED) is 0.893. The Kier molecular flexibility index (Phi) is 4.73. The first-order valence-electron chi connectivity index (χ1n) is 4.55. The van der Waals surface area contributed by atoms with Gasteiger partial charge in [-0.05, 0) is 22.0 Å². The van der Waals surface area contributed by atoms with Gasteiger partial charge < -0.3 is 10.6 Å². The van der Waals surface area contributed by atoms with E-state index in [4.69, 9.17) is 0 Å². The number of hydrogen-bond acceptors (Lipinski definition) is 3. The van der Waals surface area contributed by atoms with Crippen LogP contribution in [0.3, 0.4) is 0 Å². The van der Waals surface area contributed by atoms with Crippen LogP contribution in [0.1, 0.15) is 0 Å². The first-order valence-corrected chi connectivity index (χ1v) is 5.34. The van der Waals surface area contributed by atoms with Crippen molar-refractivity contribution in [3.8, 4) is 0 Å². The van der Waals surface area contributed by atoms with E-state index in [2.05, 4.69) is 26.2 Å². The van der Waals surface area contributed by atoms with Gasteiger partial charge in [-0.2, -0.15) is 13.2 Å². The minimum absolute atomic E-state index is 0.242. The fourth-order valence-corrected chi connectivity index (χ4v) is 1.32. The largest absolute Gasteiger partial charge is 0.405 e. The SMILES string of the molecule is O=C(CNc1cncc(Br)c1)NCC(F)(F)F. The maximum Gasteiger partial charge on any atom is 0.405 e. The molecule has 0 saturated carbocycles. The molecule has 0 unspecified atom stereocenters. The van der Waals surface area contributed by atoms with Crippen molar-refractivity contribution in [2.75, 3.05) is 18.4 Å². The molecule has 0 fully saturated rings. The lowest BCUT2D eigenvalue weighted by atomic mass is 10.4. The second kappa shape index (κ2) is 5.85. The molecule has 0 spiro atoms. The van der Waals surface area contributed by atoms with Gasteiger partial charge in [-0.1, -0.05) is 0 Å². The van der Waals surface area contributed by atoms with E-state index < -0.39 is 18.6 Å². The Morgan fingerprint density at radius 2 is 2.12 bits per heavy atom. The van der Waals surface area contributed by atoms with Crippen molar-refractivity contribution in [2.45, 2.75) is 6.18 Å². The molecule has 1 heterocycles. The van der Waals surface area contributed by atoms with E-state index in [0.29, 0.717) is 10.2 Å². The lowest BCUT2D eigenvalue weighted by Gasteiger charge is -2.09. The third-order valence-electron chi connectivity index (χ3n) is 1.64. The highest BCUT2D eigenvalue weighted by atomic mass is 79.9. The van der Waals surface area contributed by atoms with Crippen molar-refractivity contribution in [3.63, 3.8) is 0 Å². The van der Waals surface area contributed by atoms with Crippen molar-refractivity contribution in [2.24, 2.45) is 0 Å². The van der Waals surface area contributed by atoms with Gasteiger partial charge in [0.1, 0.15) is 6.54 Å². The summed E-state index contributed by atoms with van der Waals surface area (Å²) in [6.07, 6.45) is -1.39. The molecule has 94 valence electrons. The van der Waals surface area contributed by atoms with Crippen molar-refractivity contribution in [1.82, 2.24) is 10.3 Å². The summed E-state index contributed by atoms with van der Waals surface area (Å²) in [5.41, 5.74) is 0.543. The van der Waals surface area contributed by atoms with Gasteiger partial charge in [-0.25, -0.2) is 0 Å². The molecule has 0 saturated heterocycles. The van der Waals surface area contributed by atoms with Gasteiger partial charge >= 0.3 is 6.18 Å². The summed E-state index contributed by atoms with van der Waals surface area (Å²) in [7, 11) is 0. The fraction of sp³-hybridized carbons (Fsp3) is 0.333. The molecular weight excluding hydrogens is 303 g/mol. The minimum Gasteiger partial charge on any atom is -0.375 e. The van der Waals surface area contributed by atoms with Crippen molar-refractivity contribution in [3.05, 3.63) is 22.9 Å². The number of halogens is 4. The molecule has 0 aliphatic heterocycles. The van der Waals surface area contributed by atoms with E-state index in [1.165, 1.54) is 6.20 Å². The molecule has 0 aliphatic rings. The van der Waals surface area contributed by atoms with Crippen LogP contribution in [0.2, 0.25) is 0 Å². The summed E-state index contributed by atoms with van der Waals surface area (Å²) in [6.45, 7) is -1.57. The van der Waals surface area contributed by atoms with Crippen LogP contribution in [0.15, 0.2) is 22.9 Å². The Bertz CT molecular complexity index is 397. The molecule has 0 bridgehead atoms. The summed E-state index contributed by atoms with van der Waals surface area (Å²) in [5.74, 6) is -0.734. The predicted octanol–water partition coefficient (Wildman–Crippen LogP) is 1.93. The van der Waals surface area contributed by atoms with Crippen LogP contribution in [0.4, 0.5) is 18.9 Å². The van der Waals surface area contributed by atoms with Gasteiger partial charge in [0.15, 0.2) is 0 Å². The average molecular weight is 312 g/mol. The monoisotopic (exact) mass is 311 g/mol. The number of nitrogens with one attached hydrogen (secondary N) is 2. The van der Waals surface area contributed by atoms with E-state index in [9.17, 15) is 18.0 Å². The third kappa shape index (κ3) is 6.10. The Morgan fingerprint density at radius 1 is 1.41 bits per heavy atom. The normalized spacial score (nSPS) is 11.1. The first-order chi connectivity index (χ1) is 7.87. The smallest absolute Gasteiger partial charge is 0.375 e. The van der Waals surface area contributed by atoms with E-state index in [1.54, 1.807) is 17.6 Å². The van der Waals surface area contributed by atoms with Crippen LogP contribution in [-0.2, 0) is 4.79 Å². The zero-order valence-electron chi connectivity index (χ0n) is 8.51. The molecule has 0 aromatic carbocycles. The molecule has 1 aromatic rings. The van der Waals surface area contributed by atoms with Crippen LogP contribution in [-0.4, -0.2) is 30.2 Å². The summed E-state index contributed by atoms with van der Waals surface area (Å²) in [5, 5.41) is 4.40. The van der Waals surface area contributed by atoms with Gasteiger partial charge in [-0.15, -0.1) is 0 Å². The van der Waals surface area contributed by atoms with Crippen LogP contribution in [0, 0.1) is 0 Å². The van der Waals surface area contributed by atoms with E-state index >= 15 is 0 Å². The summed E-state index contributed by atoms with van der Waals surface area (Å²) < 4.78 is 36.0. The molecule has 1 aromatic heterocycles. The summed E-state index contributed by atoms with van der Waals surface area (Å²) >= 11 is 3.17. The predicted molar refractivity (Wildman–Crippen MR) is 59.5 cm³/mol. The lowest BCUT2D eigenvalue weighted by Crippen LogP contribution is -2.37. The van der Waals surface area contributed by atoms with E-state index in [1.807, 2.05) is 0 Å². The number of carbonyl (C=O) groups excluding carboxylic acids is 1. The molecule has 0 radical (unpaired) electrons. The average Bonchev–Trinajstić information content (AvgIpc) is 2.23. The Hall–Kier alpha value is -1.31. The number of alkyl halides is 3. The van der Waals surface area contributed by atoms with Crippen molar-refractivity contribution >= 4 is 27.5 Å². The number of aromatic nitrogens is 1. The van der Waals surface area contributed by atoms with Gasteiger partial charge in [0.25, 0.3) is 0 Å². The number of amides is 1. The number of nitrogens with zero attached hydrogens (tertiary/aromatic N) is 1. The van der Waals surface area contributed by atoms with E-state index in [-0.39, 0.29) is 6.54 Å². The Labute approximate surface area is 104 Å². The van der Waals surface area contributed by atoms with Gasteiger partial charge in [0.2, 0.25) is 5.91 Å². The third-order valence-corrected chi connectivity index (χ3v) is 2.08. The number of carbonyl (C=O) groups is 1. The maximum atomic E-state index is 11.8.